The van der Waals surface area contributed by atoms with E-state index in [1.54, 1.807) is 31.5 Å². The van der Waals surface area contributed by atoms with E-state index in [4.69, 9.17) is 37.6 Å². The quantitative estimate of drug-likeness (QED) is 0.0567. The van der Waals surface area contributed by atoms with Gasteiger partial charge in [0, 0.05) is 29.4 Å². The molecule has 0 aliphatic heterocycles. The Balaban J connectivity index is 0.000000714. The molecule has 0 aromatic carbocycles. The van der Waals surface area contributed by atoms with Gasteiger partial charge in [0.15, 0.2) is 0 Å². The Bertz CT molecular complexity index is 1620. The molecule has 0 atom stereocenters. The standard InChI is InChI=1S/C15H19N3OS.C9H7ClN2S.C6H13NO.C3H8O.CH2O3.2K.H2.H/c19-10-6-4-9(5-7-10)18-14-13-11-2-1-3-12(11)20-15(13)17-8-16-14;10-8-7-5-2-1-3-6(5)13-9(7)12-4-11-8;7-5-1-3-6(8)4-2-5;1-3(2)4;2-1-4-3;;;;/h8-10,19H,1-7H2,(H,16,17,18);4H,1-3H2;5-6,8H,1-4,7H2;3-4H,1-2H3;1,3H;;;1H;/q;;;;;2*+1;;-1/p-1/i;;;;;;;1+1;. The molecule has 0 saturated heterocycles. The zero-order valence-electron chi connectivity index (χ0n) is 31.1. The van der Waals surface area contributed by atoms with E-state index >= 15 is 0 Å². The Labute approximate surface area is 400 Å². The largest absolute Gasteiger partial charge is 1.00 e. The summed E-state index contributed by atoms with van der Waals surface area (Å²) in [6.07, 6.45) is 17.7. The van der Waals surface area contributed by atoms with Crippen LogP contribution in [0.1, 0.15) is 102 Å². The molecule has 17 heteroatoms. The number of hydrogen-bond acceptors (Lipinski definition) is 14. The molecule has 2 saturated carbocycles. The molecule has 0 unspecified atom stereocenters. The Morgan fingerprint density at radius 2 is 1.33 bits per heavy atom. The van der Waals surface area contributed by atoms with E-state index in [1.165, 1.54) is 64.7 Å². The molecule has 4 aliphatic rings. The van der Waals surface area contributed by atoms with Gasteiger partial charge >= 0.3 is 103 Å². The fourth-order valence-corrected chi connectivity index (χ4v) is 9.20. The van der Waals surface area contributed by atoms with Crippen LogP contribution in [0.3, 0.4) is 0 Å². The van der Waals surface area contributed by atoms with Gasteiger partial charge in [-0.15, -0.1) is 22.7 Å². The molecule has 51 heavy (non-hydrogen) atoms. The summed E-state index contributed by atoms with van der Waals surface area (Å²) in [5.74, 6) is 1.01. The molecule has 2 fully saturated rings. The Morgan fingerprint density at radius 3 is 1.82 bits per heavy atom. The molecular formula is C34H51ClK2N6O6S2. The van der Waals surface area contributed by atoms with E-state index in [2.05, 4.69) is 30.1 Å². The molecule has 4 aromatic rings. The second-order valence-electron chi connectivity index (χ2n) is 13.0. The Morgan fingerprint density at radius 1 is 0.882 bits per heavy atom. The number of nitrogens with two attached hydrogens (primary N) is 1. The fraction of sp³-hybridized carbons (Fsp3) is 0.618. The van der Waals surface area contributed by atoms with Crippen molar-refractivity contribution in [3.63, 3.8) is 0 Å². The molecule has 0 bridgehead atoms. The van der Waals surface area contributed by atoms with Crippen molar-refractivity contribution in [2.24, 2.45) is 5.73 Å². The van der Waals surface area contributed by atoms with Crippen molar-refractivity contribution >= 4 is 67.0 Å². The van der Waals surface area contributed by atoms with E-state index in [9.17, 15) is 5.11 Å². The molecule has 0 amide bonds. The average molecular weight is 819 g/mol. The predicted molar refractivity (Wildman–Crippen MR) is 196 cm³/mol. The number of fused-ring (bicyclic) bond motifs is 6. The number of aromatic nitrogens is 4. The summed E-state index contributed by atoms with van der Waals surface area (Å²) in [6, 6.07) is 0.798. The molecule has 4 aliphatic carbocycles. The van der Waals surface area contributed by atoms with E-state index in [0.717, 1.165) is 78.7 Å². The first-order valence-electron chi connectivity index (χ1n) is 17.1. The molecule has 0 spiro atoms. The van der Waals surface area contributed by atoms with Crippen LogP contribution in [0.2, 0.25) is 5.15 Å². The summed E-state index contributed by atoms with van der Waals surface area (Å²) in [6.45, 7) is 3.26. The third-order valence-corrected chi connectivity index (χ3v) is 11.5. The van der Waals surface area contributed by atoms with Crippen molar-refractivity contribution in [2.45, 2.75) is 134 Å². The topological polar surface area (TPSA) is 200 Å². The number of halogens is 1. The number of thiophene rings is 2. The second-order valence-corrected chi connectivity index (χ2v) is 15.5. The molecule has 12 nitrogen and oxygen atoms in total. The van der Waals surface area contributed by atoms with E-state index < -0.39 is 0 Å². The first kappa shape index (κ1) is 47.9. The third-order valence-electron chi connectivity index (χ3n) is 8.77. The number of hydrogen-bond donors (Lipinski definition) is 5. The predicted octanol–water partition coefficient (Wildman–Crippen LogP) is -0.834. The average Bonchev–Trinajstić information content (AvgIpc) is 3.86. The van der Waals surface area contributed by atoms with Crippen LogP contribution in [0.15, 0.2) is 12.7 Å². The number of rotatable bonds is 3. The smallest absolute Gasteiger partial charge is 1.00 e. The molecule has 8 rings (SSSR count). The maximum Gasteiger partial charge on any atom is 1.00 e. The zero-order valence-corrected chi connectivity index (χ0v) is 38.8. The number of nitrogens with zero attached hydrogens (tertiary/aromatic N) is 4. The van der Waals surface area contributed by atoms with Crippen LogP contribution in [-0.4, -0.2) is 72.1 Å². The molecule has 4 heterocycles. The number of carbonyl (C=O) groups is 1. The van der Waals surface area contributed by atoms with Crippen LogP contribution >= 0.6 is 34.3 Å². The first-order chi connectivity index (χ1) is 23.6. The Kier molecular flexibility index (Phi) is 23.5. The van der Waals surface area contributed by atoms with Crippen molar-refractivity contribution in [3.8, 4) is 0 Å². The minimum atomic E-state index is -0.181. The molecule has 6 N–H and O–H groups in total. The van der Waals surface area contributed by atoms with Gasteiger partial charge in [0.05, 0.1) is 23.0 Å². The number of anilines is 1. The fourth-order valence-electron chi connectivity index (χ4n) is 6.44. The van der Waals surface area contributed by atoms with Crippen LogP contribution in [-0.2, 0) is 35.4 Å². The molecule has 274 valence electrons. The van der Waals surface area contributed by atoms with Crippen molar-refractivity contribution in [1.82, 2.24) is 19.9 Å². The van der Waals surface area contributed by atoms with Gasteiger partial charge in [0.2, 0.25) is 0 Å². The van der Waals surface area contributed by atoms with Crippen LogP contribution in [0, 0.1) is 0 Å². The van der Waals surface area contributed by atoms with Gasteiger partial charge in [-0.1, -0.05) is 11.6 Å². The third kappa shape index (κ3) is 15.0. The van der Waals surface area contributed by atoms with Crippen molar-refractivity contribution in [3.05, 3.63) is 38.7 Å². The first-order valence-corrected chi connectivity index (χ1v) is 19.1. The number of carbonyl (C=O) groups excluding carboxylic acids is 1. The molecule has 0 radical (unpaired) electrons. The van der Waals surface area contributed by atoms with Crippen LogP contribution in [0.5, 0.6) is 0 Å². The van der Waals surface area contributed by atoms with Gasteiger partial charge in [-0.2, -0.15) is 0 Å². The van der Waals surface area contributed by atoms with Gasteiger partial charge in [-0.25, -0.2) is 19.9 Å². The summed E-state index contributed by atoms with van der Waals surface area (Å²) in [5, 5.41) is 41.6. The van der Waals surface area contributed by atoms with E-state index in [-0.39, 0.29) is 130 Å². The van der Waals surface area contributed by atoms with Gasteiger partial charge in [0.1, 0.15) is 33.3 Å². The maximum absolute atomic E-state index is 9.61. The maximum atomic E-state index is 9.61. The molecular weight excluding hydrogens is 766 g/mol. The number of nitrogens with one attached hydrogen (secondary N) is 1. The summed E-state index contributed by atoms with van der Waals surface area (Å²) in [7, 11) is 0. The number of aryl methyl sites for hydroxylation is 4. The number of aliphatic hydroxyl groups excluding tert-OH is 3. The van der Waals surface area contributed by atoms with E-state index in [0.29, 0.717) is 17.2 Å². The second kappa shape index (κ2) is 25.1. The van der Waals surface area contributed by atoms with Crippen LogP contribution < -0.4 is 119 Å². The van der Waals surface area contributed by atoms with Gasteiger partial charge in [-0.3, -0.25) is 4.79 Å². The minimum Gasteiger partial charge on any atom is -1.00 e. The van der Waals surface area contributed by atoms with Crippen LogP contribution in [0.25, 0.3) is 20.4 Å². The normalized spacial score (nSPS) is 21.4. The summed E-state index contributed by atoms with van der Waals surface area (Å²) in [4.78, 5) is 33.6. The minimum absolute atomic E-state index is 0. The Hall–Kier alpha value is 0.713. The number of aliphatic hydroxyl groups is 3. The van der Waals surface area contributed by atoms with Crippen LogP contribution in [0.4, 0.5) is 5.82 Å². The van der Waals surface area contributed by atoms with Crippen molar-refractivity contribution < 1.29 is 136 Å². The summed E-state index contributed by atoms with van der Waals surface area (Å²) in [5.41, 5.74) is 8.46. The monoisotopic (exact) mass is 817 g/mol. The zero-order chi connectivity index (χ0) is 35.3. The van der Waals surface area contributed by atoms with E-state index in [1.807, 2.05) is 11.3 Å². The van der Waals surface area contributed by atoms with Gasteiger partial charge in [0.25, 0.3) is 6.47 Å². The molecule has 4 aromatic heterocycles. The van der Waals surface area contributed by atoms with Crippen molar-refractivity contribution in [1.29, 1.82) is 0 Å². The van der Waals surface area contributed by atoms with Gasteiger partial charge in [-0.05, 0) is 115 Å². The van der Waals surface area contributed by atoms with Gasteiger partial charge < -0.3 is 37.9 Å². The SMILES string of the molecule is CC(C)O.Clc1ncnc2sc3c(c12)CCC3.NC1CCC(O)CC1.O=CO[O-].OC1CCC(Nc2ncnc3sc4c(c23)CCC4)CC1.[2HH].[H-].[K+].[K+]. The summed E-state index contributed by atoms with van der Waals surface area (Å²) < 4.78 is 0. The summed E-state index contributed by atoms with van der Waals surface area (Å²) >= 11 is 9.63. The van der Waals surface area contributed by atoms with Crippen molar-refractivity contribution in [2.75, 3.05) is 5.32 Å².